The molecule has 3 amide bonds. The van der Waals surface area contributed by atoms with Gasteiger partial charge in [-0.3, -0.25) is 15.0 Å². The van der Waals surface area contributed by atoms with Crippen LogP contribution in [0.3, 0.4) is 0 Å². The average Bonchev–Trinajstić information content (AvgIpc) is 3.25. The van der Waals surface area contributed by atoms with Crippen molar-refractivity contribution in [1.82, 2.24) is 15.3 Å². The van der Waals surface area contributed by atoms with E-state index in [1.165, 1.54) is 36.2 Å². The summed E-state index contributed by atoms with van der Waals surface area (Å²) in [5.74, 6) is -0.412. The molecule has 1 unspecified atom stereocenters. The third kappa shape index (κ3) is 5.76. The second kappa shape index (κ2) is 9.78. The number of rotatable bonds is 7. The third-order valence-corrected chi connectivity index (χ3v) is 5.71. The lowest BCUT2D eigenvalue weighted by Gasteiger charge is -2.35. The predicted octanol–water partition coefficient (Wildman–Crippen LogP) is 1.52. The van der Waals surface area contributed by atoms with Gasteiger partial charge in [-0.25, -0.2) is 14.8 Å². The van der Waals surface area contributed by atoms with Crippen molar-refractivity contribution < 1.29 is 37.7 Å². The van der Waals surface area contributed by atoms with Gasteiger partial charge in [-0.1, -0.05) is 0 Å². The van der Waals surface area contributed by atoms with E-state index in [9.17, 15) is 27.9 Å². The van der Waals surface area contributed by atoms with E-state index >= 15 is 0 Å². The molecule has 36 heavy (non-hydrogen) atoms. The Morgan fingerprint density at radius 2 is 2.06 bits per heavy atom. The molecule has 1 fully saturated rings. The first-order valence-corrected chi connectivity index (χ1v) is 11.1. The van der Waals surface area contributed by atoms with E-state index in [0.717, 1.165) is 0 Å². The molecule has 1 saturated heterocycles. The maximum absolute atomic E-state index is 13.3. The fraction of sp³-hybridized carbons (Fsp3) is 0.455. The Labute approximate surface area is 203 Å². The monoisotopic (exact) mass is 510 g/mol. The van der Waals surface area contributed by atoms with Crippen molar-refractivity contribution in [3.05, 3.63) is 36.2 Å². The van der Waals surface area contributed by atoms with Crippen LogP contribution in [-0.4, -0.2) is 82.8 Å². The summed E-state index contributed by atoms with van der Waals surface area (Å²) in [6, 6.07) is 4.98. The van der Waals surface area contributed by atoms with Gasteiger partial charge in [-0.05, 0) is 31.5 Å². The number of aromatic nitrogens is 2. The summed E-state index contributed by atoms with van der Waals surface area (Å²) in [6.07, 6.45) is -2.55. The zero-order valence-corrected chi connectivity index (χ0v) is 19.2. The first kappa shape index (κ1) is 25.4. The van der Waals surface area contributed by atoms with Crippen molar-refractivity contribution in [1.29, 1.82) is 0 Å². The van der Waals surface area contributed by atoms with E-state index in [2.05, 4.69) is 15.3 Å². The number of alkyl halides is 3. The molecule has 4 rings (SSSR count). The lowest BCUT2D eigenvalue weighted by Crippen LogP contribution is -2.48. The summed E-state index contributed by atoms with van der Waals surface area (Å²) in [5.41, 5.74) is -1.11. The van der Waals surface area contributed by atoms with E-state index in [-0.39, 0.29) is 30.0 Å². The maximum atomic E-state index is 13.3. The number of ether oxygens (including phenoxy) is 1. The fourth-order valence-corrected chi connectivity index (χ4v) is 3.89. The number of aliphatic hydroxyl groups excluding tert-OH is 1. The molecule has 2 aromatic heterocycles. The topological polar surface area (TPSA) is 140 Å². The van der Waals surface area contributed by atoms with E-state index in [1.54, 1.807) is 11.4 Å². The number of hydrogen-bond donors (Lipinski definition) is 4. The summed E-state index contributed by atoms with van der Waals surface area (Å²) < 4.78 is 43.0. The molecule has 2 aliphatic rings. The van der Waals surface area contributed by atoms with E-state index in [1.807, 2.05) is 4.90 Å². The Kier molecular flexibility index (Phi) is 6.91. The van der Waals surface area contributed by atoms with Crippen molar-refractivity contribution >= 4 is 29.3 Å². The van der Waals surface area contributed by atoms with Gasteiger partial charge >= 0.3 is 12.2 Å². The number of halogens is 3. The highest BCUT2D eigenvalue weighted by molar-refractivity contribution is 6.05. The third-order valence-electron chi connectivity index (χ3n) is 5.71. The largest absolute Gasteiger partial charge is 0.490 e. The van der Waals surface area contributed by atoms with Gasteiger partial charge in [0.15, 0.2) is 5.82 Å². The minimum atomic E-state index is -4.57. The molecule has 14 heteroatoms. The number of carbonyl (C=O) groups is 2. The van der Waals surface area contributed by atoms with Crippen LogP contribution in [0.15, 0.2) is 30.5 Å². The SMILES string of the molecule is CC(O)(CO)COc1ccnc(NC(=O)N2c3nc(C(=O)NCC(F)(F)F)ccc3N3CC[C@H]2C3)c1. The second-order valence-corrected chi connectivity index (χ2v) is 8.85. The number of hydrogen-bond acceptors (Lipinski definition) is 8. The van der Waals surface area contributed by atoms with Crippen LogP contribution in [-0.2, 0) is 0 Å². The van der Waals surface area contributed by atoms with Crippen LogP contribution in [0.5, 0.6) is 5.75 Å². The Balaban J connectivity index is 1.53. The van der Waals surface area contributed by atoms with Crippen LogP contribution in [0, 0.1) is 0 Å². The van der Waals surface area contributed by atoms with E-state index in [0.29, 0.717) is 30.9 Å². The number of nitrogens with one attached hydrogen (secondary N) is 2. The molecule has 194 valence electrons. The van der Waals surface area contributed by atoms with Gasteiger partial charge < -0.3 is 25.2 Å². The maximum Gasteiger partial charge on any atom is 0.405 e. The van der Waals surface area contributed by atoms with Gasteiger partial charge in [0.05, 0.1) is 18.3 Å². The second-order valence-electron chi connectivity index (χ2n) is 8.85. The van der Waals surface area contributed by atoms with Crippen LogP contribution in [0.2, 0.25) is 0 Å². The molecular formula is C22H25F3N6O5. The summed E-state index contributed by atoms with van der Waals surface area (Å²) in [4.78, 5) is 37.2. The Bertz CT molecular complexity index is 1150. The highest BCUT2D eigenvalue weighted by Crippen LogP contribution is 2.39. The van der Waals surface area contributed by atoms with Crippen molar-refractivity contribution in [2.24, 2.45) is 0 Å². The first-order valence-electron chi connectivity index (χ1n) is 11.1. The molecular weight excluding hydrogens is 485 g/mol. The van der Waals surface area contributed by atoms with Crippen LogP contribution in [0.25, 0.3) is 0 Å². The van der Waals surface area contributed by atoms with Crippen LogP contribution in [0.4, 0.5) is 35.3 Å². The Morgan fingerprint density at radius 3 is 2.78 bits per heavy atom. The normalized spacial score (nSPS) is 18.3. The quantitative estimate of drug-likeness (QED) is 0.440. The first-order chi connectivity index (χ1) is 17.0. The minimum Gasteiger partial charge on any atom is -0.490 e. The van der Waals surface area contributed by atoms with Crippen molar-refractivity contribution in [3.63, 3.8) is 0 Å². The molecule has 0 aromatic carbocycles. The molecule has 4 N–H and O–H groups in total. The number of amides is 3. The summed E-state index contributed by atoms with van der Waals surface area (Å²) in [5, 5.41) is 23.5. The van der Waals surface area contributed by atoms with Crippen molar-refractivity contribution in [2.75, 3.05) is 48.0 Å². The number of aliphatic hydroxyl groups is 2. The molecule has 2 aromatic rings. The van der Waals surface area contributed by atoms with Crippen LogP contribution in [0.1, 0.15) is 23.8 Å². The number of anilines is 3. The number of fused-ring (bicyclic) bond motifs is 4. The number of carbonyl (C=O) groups excluding carboxylic acids is 2. The minimum absolute atomic E-state index is 0.141. The molecule has 2 atom stereocenters. The highest BCUT2D eigenvalue weighted by atomic mass is 19.4. The molecule has 2 aliphatic heterocycles. The van der Waals surface area contributed by atoms with Gasteiger partial charge in [-0.2, -0.15) is 13.2 Å². The van der Waals surface area contributed by atoms with E-state index in [4.69, 9.17) is 9.84 Å². The van der Waals surface area contributed by atoms with Crippen molar-refractivity contribution in [2.45, 2.75) is 31.2 Å². The lowest BCUT2D eigenvalue weighted by atomic mass is 10.1. The summed E-state index contributed by atoms with van der Waals surface area (Å²) in [6.45, 7) is 0.393. The molecule has 0 aliphatic carbocycles. The molecule has 0 radical (unpaired) electrons. The van der Waals surface area contributed by atoms with Crippen molar-refractivity contribution in [3.8, 4) is 5.75 Å². The standard InChI is InChI=1S/C22H25F3N6O5/c1-21(35,11-32)12-36-14-4-6-26-17(8-14)29-20(34)31-13-5-7-30(9-13)16-3-2-15(28-18(16)31)19(33)27-10-22(23,24)25/h2-4,6,8,13,32,35H,5,7,9-12H2,1H3,(H,27,33)(H,26,29,34)/t13-,21?/m0/s1. The van der Waals surface area contributed by atoms with Gasteiger partial charge in [0.1, 0.15) is 36.0 Å². The zero-order valence-electron chi connectivity index (χ0n) is 19.2. The molecule has 0 saturated carbocycles. The molecule has 2 bridgehead atoms. The highest BCUT2D eigenvalue weighted by Gasteiger charge is 2.41. The van der Waals surface area contributed by atoms with Gasteiger partial charge in [-0.15, -0.1) is 0 Å². The summed E-state index contributed by atoms with van der Waals surface area (Å²) in [7, 11) is 0. The Morgan fingerprint density at radius 1 is 1.28 bits per heavy atom. The lowest BCUT2D eigenvalue weighted by molar-refractivity contribution is -0.123. The molecule has 0 spiro atoms. The average molecular weight is 510 g/mol. The molecule has 4 heterocycles. The number of nitrogens with zero attached hydrogens (tertiary/aromatic N) is 4. The number of urea groups is 1. The Hall–Kier alpha value is -3.65. The van der Waals surface area contributed by atoms with Gasteiger partial charge in [0.2, 0.25) is 0 Å². The zero-order chi connectivity index (χ0) is 26.1. The summed E-state index contributed by atoms with van der Waals surface area (Å²) >= 11 is 0. The predicted molar refractivity (Wildman–Crippen MR) is 122 cm³/mol. The smallest absolute Gasteiger partial charge is 0.405 e. The number of pyridine rings is 2. The van der Waals surface area contributed by atoms with E-state index < -0.39 is 36.9 Å². The van der Waals surface area contributed by atoms with Crippen LogP contribution >= 0.6 is 0 Å². The van der Waals surface area contributed by atoms with Gasteiger partial charge in [0.25, 0.3) is 5.91 Å². The van der Waals surface area contributed by atoms with Crippen LogP contribution < -0.4 is 25.2 Å². The molecule has 11 nitrogen and oxygen atoms in total. The fourth-order valence-electron chi connectivity index (χ4n) is 3.89. The van der Waals surface area contributed by atoms with Gasteiger partial charge in [0, 0.05) is 25.4 Å².